The maximum Gasteiger partial charge on any atom is 0.0123 e. The van der Waals surface area contributed by atoms with Crippen molar-refractivity contribution in [2.24, 2.45) is 17.1 Å². The van der Waals surface area contributed by atoms with Crippen LogP contribution >= 0.6 is 0 Å². The van der Waals surface area contributed by atoms with E-state index < -0.39 is 0 Å². The van der Waals surface area contributed by atoms with Gasteiger partial charge in [0, 0.05) is 12.1 Å². The summed E-state index contributed by atoms with van der Waals surface area (Å²) in [4.78, 5) is 2.76. The number of hydrogen-bond donors (Lipinski definition) is 1. The molecule has 0 aromatic rings. The maximum absolute atomic E-state index is 6.31. The molecule has 2 N–H and O–H groups in total. The average Bonchev–Trinajstić information content (AvgIpc) is 2.34. The predicted molar refractivity (Wildman–Crippen MR) is 78.6 cm³/mol. The van der Waals surface area contributed by atoms with Crippen molar-refractivity contribution in [3.8, 4) is 0 Å². The van der Waals surface area contributed by atoms with Crippen molar-refractivity contribution < 1.29 is 0 Å². The van der Waals surface area contributed by atoms with E-state index in [1.165, 1.54) is 51.6 Å². The molecular weight excluding hydrogens is 220 g/mol. The lowest BCUT2D eigenvalue weighted by Gasteiger charge is -2.45. The van der Waals surface area contributed by atoms with Gasteiger partial charge in [0.2, 0.25) is 0 Å². The quantitative estimate of drug-likeness (QED) is 0.834. The molecule has 0 spiro atoms. The Kier molecular flexibility index (Phi) is 4.71. The molecule has 2 rings (SSSR count). The molecular formula is C16H32N2. The van der Waals surface area contributed by atoms with Gasteiger partial charge >= 0.3 is 0 Å². The third-order valence-corrected chi connectivity index (χ3v) is 5.20. The van der Waals surface area contributed by atoms with Gasteiger partial charge in [-0.25, -0.2) is 0 Å². The number of fused-ring (bicyclic) bond motifs is 1. The minimum absolute atomic E-state index is 0.252. The molecule has 0 radical (unpaired) electrons. The van der Waals surface area contributed by atoms with Gasteiger partial charge in [-0.05, 0) is 56.5 Å². The van der Waals surface area contributed by atoms with E-state index in [1.807, 2.05) is 0 Å². The van der Waals surface area contributed by atoms with E-state index in [-0.39, 0.29) is 5.41 Å². The average molecular weight is 252 g/mol. The maximum atomic E-state index is 6.31. The van der Waals surface area contributed by atoms with Crippen molar-refractivity contribution in [3.05, 3.63) is 0 Å². The molecule has 2 nitrogen and oxygen atoms in total. The highest BCUT2D eigenvalue weighted by Gasteiger charge is 2.33. The zero-order valence-electron chi connectivity index (χ0n) is 12.6. The van der Waals surface area contributed by atoms with Gasteiger partial charge in [0.1, 0.15) is 0 Å². The molecule has 1 saturated heterocycles. The molecule has 18 heavy (non-hydrogen) atoms. The zero-order chi connectivity index (χ0) is 13.2. The highest BCUT2D eigenvalue weighted by Crippen LogP contribution is 2.35. The number of nitrogens with zero attached hydrogens (tertiary/aromatic N) is 1. The van der Waals surface area contributed by atoms with Gasteiger partial charge in [-0.2, -0.15) is 0 Å². The molecule has 2 fully saturated rings. The Hall–Kier alpha value is -0.0800. The fourth-order valence-corrected chi connectivity index (χ4v) is 3.74. The molecule has 106 valence electrons. The van der Waals surface area contributed by atoms with Crippen molar-refractivity contribution >= 4 is 0 Å². The highest BCUT2D eigenvalue weighted by molar-refractivity contribution is 4.88. The molecule has 2 heteroatoms. The number of hydrogen-bond acceptors (Lipinski definition) is 2. The van der Waals surface area contributed by atoms with Crippen LogP contribution in [0, 0.1) is 11.3 Å². The summed E-state index contributed by atoms with van der Waals surface area (Å²) in [6.07, 6.45) is 9.88. The fourth-order valence-electron chi connectivity index (χ4n) is 3.74. The van der Waals surface area contributed by atoms with E-state index in [1.54, 1.807) is 0 Å². The van der Waals surface area contributed by atoms with Crippen LogP contribution in [0.15, 0.2) is 0 Å². The van der Waals surface area contributed by atoms with Crippen molar-refractivity contribution in [1.29, 1.82) is 0 Å². The van der Waals surface area contributed by atoms with Crippen LogP contribution in [0.25, 0.3) is 0 Å². The Bertz CT molecular complexity index is 254. The van der Waals surface area contributed by atoms with E-state index in [2.05, 4.69) is 25.7 Å². The van der Waals surface area contributed by atoms with Crippen molar-refractivity contribution in [2.45, 2.75) is 77.8 Å². The summed E-state index contributed by atoms with van der Waals surface area (Å²) >= 11 is 0. The van der Waals surface area contributed by atoms with Gasteiger partial charge in [0.05, 0.1) is 0 Å². The zero-order valence-corrected chi connectivity index (χ0v) is 12.6. The smallest absolute Gasteiger partial charge is 0.0123 e. The summed E-state index contributed by atoms with van der Waals surface area (Å²) in [7, 11) is 0. The third-order valence-electron chi connectivity index (χ3n) is 5.20. The van der Waals surface area contributed by atoms with Crippen LogP contribution in [0.5, 0.6) is 0 Å². The number of piperidine rings is 1. The molecule has 1 aliphatic carbocycles. The van der Waals surface area contributed by atoms with Crippen LogP contribution in [0.3, 0.4) is 0 Å². The Balaban J connectivity index is 1.84. The topological polar surface area (TPSA) is 29.3 Å². The van der Waals surface area contributed by atoms with Crippen LogP contribution in [-0.2, 0) is 0 Å². The Morgan fingerprint density at radius 2 is 1.78 bits per heavy atom. The van der Waals surface area contributed by atoms with Crippen LogP contribution < -0.4 is 5.73 Å². The first-order valence-electron chi connectivity index (χ1n) is 7.98. The molecule has 3 unspecified atom stereocenters. The lowest BCUT2D eigenvalue weighted by molar-refractivity contribution is 0.0555. The Morgan fingerprint density at radius 1 is 1.11 bits per heavy atom. The molecule has 0 aromatic carbocycles. The molecule has 1 saturated carbocycles. The summed E-state index contributed by atoms with van der Waals surface area (Å²) in [5.41, 5.74) is 6.56. The number of nitrogens with two attached hydrogens (primary N) is 1. The minimum Gasteiger partial charge on any atom is -0.327 e. The van der Waals surface area contributed by atoms with Gasteiger partial charge in [0.25, 0.3) is 0 Å². The van der Waals surface area contributed by atoms with Gasteiger partial charge in [-0.1, -0.05) is 33.6 Å². The molecule has 0 amide bonds. The molecule has 0 aromatic heterocycles. The van der Waals surface area contributed by atoms with Gasteiger partial charge < -0.3 is 10.6 Å². The number of likely N-dealkylation sites (tertiary alicyclic amines) is 1. The van der Waals surface area contributed by atoms with Crippen molar-refractivity contribution in [2.75, 3.05) is 13.1 Å². The van der Waals surface area contributed by atoms with Crippen LogP contribution in [-0.4, -0.2) is 30.1 Å². The number of rotatable bonds is 3. The van der Waals surface area contributed by atoms with Gasteiger partial charge in [0.15, 0.2) is 0 Å². The first-order valence-corrected chi connectivity index (χ1v) is 7.98. The van der Waals surface area contributed by atoms with E-state index in [0.717, 1.165) is 18.4 Å². The Labute approximate surface area is 113 Å². The second-order valence-electron chi connectivity index (χ2n) is 7.55. The summed E-state index contributed by atoms with van der Waals surface area (Å²) in [6, 6.07) is 1.22. The second kappa shape index (κ2) is 5.92. The SMILES string of the molecule is CC(C)(C)C(N)CCN1CCCC2CCCCC21. The molecule has 3 atom stereocenters. The van der Waals surface area contributed by atoms with Crippen LogP contribution in [0.2, 0.25) is 0 Å². The normalized spacial score (nSPS) is 32.0. The monoisotopic (exact) mass is 252 g/mol. The predicted octanol–water partition coefficient (Wildman–Crippen LogP) is 3.40. The van der Waals surface area contributed by atoms with Crippen LogP contribution in [0.1, 0.15) is 65.7 Å². The summed E-state index contributed by atoms with van der Waals surface area (Å²) in [5.74, 6) is 0.998. The van der Waals surface area contributed by atoms with Crippen molar-refractivity contribution in [3.63, 3.8) is 0 Å². The van der Waals surface area contributed by atoms with Crippen molar-refractivity contribution in [1.82, 2.24) is 4.90 Å². The molecule has 2 aliphatic rings. The van der Waals surface area contributed by atoms with E-state index in [0.29, 0.717) is 6.04 Å². The molecule has 0 bridgehead atoms. The van der Waals surface area contributed by atoms with E-state index in [9.17, 15) is 0 Å². The van der Waals surface area contributed by atoms with Gasteiger partial charge in [-0.3, -0.25) is 0 Å². The minimum atomic E-state index is 0.252. The standard InChI is InChI=1S/C16H32N2/c1-16(2,3)15(17)10-12-18-11-6-8-13-7-4-5-9-14(13)18/h13-15H,4-12,17H2,1-3H3. The summed E-state index contributed by atoms with van der Waals surface area (Å²) in [6.45, 7) is 9.32. The second-order valence-corrected chi connectivity index (χ2v) is 7.55. The van der Waals surface area contributed by atoms with E-state index in [4.69, 9.17) is 5.73 Å². The molecule has 1 heterocycles. The lowest BCUT2D eigenvalue weighted by atomic mass is 9.78. The summed E-state index contributed by atoms with van der Waals surface area (Å²) < 4.78 is 0. The Morgan fingerprint density at radius 3 is 2.50 bits per heavy atom. The van der Waals surface area contributed by atoms with Gasteiger partial charge in [-0.15, -0.1) is 0 Å². The third kappa shape index (κ3) is 3.48. The highest BCUT2D eigenvalue weighted by atomic mass is 15.2. The first kappa shape index (κ1) is 14.3. The van der Waals surface area contributed by atoms with Crippen LogP contribution in [0.4, 0.5) is 0 Å². The first-order chi connectivity index (χ1) is 8.48. The largest absolute Gasteiger partial charge is 0.327 e. The summed E-state index contributed by atoms with van der Waals surface area (Å²) in [5, 5.41) is 0. The fraction of sp³-hybridized carbons (Fsp3) is 1.00. The molecule has 1 aliphatic heterocycles. The lowest BCUT2D eigenvalue weighted by Crippen LogP contribution is -2.48. The van der Waals surface area contributed by atoms with E-state index >= 15 is 0 Å².